The number of amides is 2. The zero-order chi connectivity index (χ0) is 26.2. The first-order valence-corrected chi connectivity index (χ1v) is 13.1. The highest BCUT2D eigenvalue weighted by molar-refractivity contribution is 5.91. The van der Waals surface area contributed by atoms with Gasteiger partial charge in [0.2, 0.25) is 0 Å². The highest BCUT2D eigenvalue weighted by atomic mass is 16.2. The number of nitrogens with one attached hydrogen (secondary N) is 1. The third-order valence-corrected chi connectivity index (χ3v) is 7.35. The van der Waals surface area contributed by atoms with Crippen molar-refractivity contribution in [3.63, 3.8) is 0 Å². The monoisotopic (exact) mass is 501 g/mol. The second kappa shape index (κ2) is 9.71. The molecule has 1 N–H and O–H groups in total. The summed E-state index contributed by atoms with van der Waals surface area (Å²) < 4.78 is 4.19. The van der Waals surface area contributed by atoms with Crippen molar-refractivity contribution in [2.24, 2.45) is 0 Å². The number of rotatable bonds is 4. The topological polar surface area (TPSA) is 55.1 Å². The maximum Gasteiger partial charge on any atom is 0.322 e. The number of carbonyl (C=O) groups excluding carboxylic acids is 1. The molecule has 0 bridgehead atoms. The van der Waals surface area contributed by atoms with E-state index in [0.717, 1.165) is 57.3 Å². The van der Waals surface area contributed by atoms with Crippen LogP contribution < -0.4 is 5.32 Å². The molecule has 5 aromatic rings. The van der Waals surface area contributed by atoms with E-state index in [1.165, 1.54) is 0 Å². The highest BCUT2D eigenvalue weighted by Crippen LogP contribution is 2.39. The molecule has 38 heavy (non-hydrogen) atoms. The Hall–Kier alpha value is -4.58. The lowest BCUT2D eigenvalue weighted by Crippen LogP contribution is -2.38. The first-order chi connectivity index (χ1) is 18.5. The van der Waals surface area contributed by atoms with Crippen LogP contribution in [-0.2, 0) is 13.0 Å². The number of benzene rings is 3. The minimum Gasteiger partial charge on any atom is -0.308 e. The molecule has 0 saturated heterocycles. The summed E-state index contributed by atoms with van der Waals surface area (Å²) in [6.07, 6.45) is 2.92. The van der Waals surface area contributed by atoms with E-state index in [1.54, 1.807) is 0 Å². The summed E-state index contributed by atoms with van der Waals surface area (Å²) in [5.41, 5.74) is 8.13. The zero-order valence-corrected chi connectivity index (χ0v) is 21.9. The summed E-state index contributed by atoms with van der Waals surface area (Å²) in [6.45, 7) is 6.64. The summed E-state index contributed by atoms with van der Waals surface area (Å²) in [4.78, 5) is 16.1. The van der Waals surface area contributed by atoms with Gasteiger partial charge in [-0.05, 0) is 61.7 Å². The second-order valence-electron chi connectivity index (χ2n) is 9.82. The number of urea groups is 1. The Balaban J connectivity index is 1.54. The first-order valence-electron chi connectivity index (χ1n) is 13.1. The summed E-state index contributed by atoms with van der Waals surface area (Å²) in [6, 6.07) is 30.4. The Morgan fingerprint density at radius 3 is 2.53 bits per heavy atom. The van der Waals surface area contributed by atoms with E-state index in [-0.39, 0.29) is 12.1 Å². The van der Waals surface area contributed by atoms with Crippen LogP contribution in [0.3, 0.4) is 0 Å². The SMILES string of the molecule is CCc1ccccc1NC(=O)N1Cc2c(C)nn(-c3ccccc3)c2-n2cccc2C1c1cccc(C)c1. The molecule has 0 aliphatic carbocycles. The lowest BCUT2D eigenvalue weighted by molar-refractivity contribution is 0.194. The van der Waals surface area contributed by atoms with E-state index >= 15 is 0 Å². The summed E-state index contributed by atoms with van der Waals surface area (Å²) in [5.74, 6) is 0.968. The molecule has 6 heteroatoms. The Morgan fingerprint density at radius 2 is 1.74 bits per heavy atom. The number of nitrogens with zero attached hydrogens (tertiary/aromatic N) is 4. The molecule has 1 aliphatic heterocycles. The average molecular weight is 502 g/mol. The van der Waals surface area contributed by atoms with Crippen molar-refractivity contribution in [3.05, 3.63) is 131 Å². The van der Waals surface area contributed by atoms with Gasteiger partial charge in [0.1, 0.15) is 5.82 Å². The fraction of sp³-hybridized carbons (Fsp3) is 0.188. The molecule has 2 amide bonds. The number of fused-ring (bicyclic) bond motifs is 3. The minimum absolute atomic E-state index is 0.134. The minimum atomic E-state index is -0.283. The molecular formula is C32H31N5O. The number of hydrogen-bond acceptors (Lipinski definition) is 2. The van der Waals surface area contributed by atoms with Gasteiger partial charge < -0.3 is 14.8 Å². The van der Waals surface area contributed by atoms with Crippen molar-refractivity contribution in [1.82, 2.24) is 19.2 Å². The number of carbonyl (C=O) groups is 1. The van der Waals surface area contributed by atoms with Crippen molar-refractivity contribution in [2.45, 2.75) is 39.8 Å². The van der Waals surface area contributed by atoms with E-state index in [9.17, 15) is 4.79 Å². The van der Waals surface area contributed by atoms with Gasteiger partial charge in [0.15, 0.2) is 0 Å². The standard InChI is InChI=1S/C32H31N5O/c1-4-24-13-8-9-17-28(24)33-32(38)36-21-27-23(3)34-37(26-15-6-5-7-16-26)31(27)35-19-11-18-29(35)30(36)25-14-10-12-22(2)20-25/h5-20,30H,4,21H2,1-3H3,(H,33,38). The molecular weight excluding hydrogens is 470 g/mol. The van der Waals surface area contributed by atoms with Crippen molar-refractivity contribution in [2.75, 3.05) is 5.32 Å². The van der Waals surface area contributed by atoms with Crippen LogP contribution in [0.25, 0.3) is 11.5 Å². The maximum absolute atomic E-state index is 14.2. The molecule has 0 fully saturated rings. The fourth-order valence-electron chi connectivity index (χ4n) is 5.48. The Labute approximate surface area is 223 Å². The highest BCUT2D eigenvalue weighted by Gasteiger charge is 2.36. The molecule has 0 radical (unpaired) electrons. The molecule has 3 heterocycles. The molecule has 1 atom stereocenters. The Morgan fingerprint density at radius 1 is 0.947 bits per heavy atom. The molecule has 0 spiro atoms. The van der Waals surface area contributed by atoms with Gasteiger partial charge in [0, 0.05) is 17.4 Å². The lowest BCUT2D eigenvalue weighted by atomic mass is 10.00. The van der Waals surface area contributed by atoms with Crippen LogP contribution in [0, 0.1) is 13.8 Å². The third-order valence-electron chi connectivity index (χ3n) is 7.35. The van der Waals surface area contributed by atoms with Gasteiger partial charge in [-0.1, -0.05) is 73.2 Å². The smallest absolute Gasteiger partial charge is 0.308 e. The average Bonchev–Trinajstić information content (AvgIpc) is 3.49. The van der Waals surface area contributed by atoms with Crippen molar-refractivity contribution in [3.8, 4) is 11.5 Å². The molecule has 190 valence electrons. The number of aromatic nitrogens is 3. The molecule has 6 rings (SSSR count). The molecule has 1 unspecified atom stereocenters. The number of anilines is 1. The largest absolute Gasteiger partial charge is 0.322 e. The van der Waals surface area contributed by atoms with E-state index in [4.69, 9.17) is 5.10 Å². The summed E-state index contributed by atoms with van der Waals surface area (Å²) in [5, 5.41) is 8.17. The van der Waals surface area contributed by atoms with Gasteiger partial charge in [-0.15, -0.1) is 0 Å². The van der Waals surface area contributed by atoms with Crippen LogP contribution in [0.5, 0.6) is 0 Å². The van der Waals surface area contributed by atoms with Crippen molar-refractivity contribution < 1.29 is 4.79 Å². The Kier molecular flexibility index (Phi) is 6.08. The van der Waals surface area contributed by atoms with E-state index < -0.39 is 0 Å². The van der Waals surface area contributed by atoms with E-state index in [0.29, 0.717) is 6.54 Å². The van der Waals surface area contributed by atoms with Gasteiger partial charge in [0.05, 0.1) is 29.7 Å². The first kappa shape index (κ1) is 23.8. The van der Waals surface area contributed by atoms with Crippen LogP contribution in [0.1, 0.15) is 46.6 Å². The third kappa shape index (κ3) is 4.08. The Bertz CT molecular complexity index is 1610. The number of aryl methyl sites for hydroxylation is 3. The van der Waals surface area contributed by atoms with Gasteiger partial charge in [-0.25, -0.2) is 9.48 Å². The van der Waals surface area contributed by atoms with Crippen molar-refractivity contribution in [1.29, 1.82) is 0 Å². The van der Waals surface area contributed by atoms with Gasteiger partial charge >= 0.3 is 6.03 Å². The predicted octanol–water partition coefficient (Wildman–Crippen LogP) is 6.98. The summed E-state index contributed by atoms with van der Waals surface area (Å²) in [7, 11) is 0. The van der Waals surface area contributed by atoms with Gasteiger partial charge in [0.25, 0.3) is 0 Å². The van der Waals surface area contributed by atoms with Crippen LogP contribution >= 0.6 is 0 Å². The van der Waals surface area contributed by atoms with Crippen molar-refractivity contribution >= 4 is 11.7 Å². The molecule has 1 aliphatic rings. The molecule has 3 aromatic carbocycles. The van der Waals surface area contributed by atoms with Crippen LogP contribution in [0.2, 0.25) is 0 Å². The van der Waals surface area contributed by atoms with Gasteiger partial charge in [-0.3, -0.25) is 0 Å². The molecule has 6 nitrogen and oxygen atoms in total. The number of hydrogen-bond donors (Lipinski definition) is 1. The van der Waals surface area contributed by atoms with E-state index in [1.807, 2.05) is 59.0 Å². The normalized spacial score (nSPS) is 14.5. The fourth-order valence-corrected chi connectivity index (χ4v) is 5.48. The maximum atomic E-state index is 14.2. The lowest BCUT2D eigenvalue weighted by Gasteiger charge is -2.31. The molecule has 0 saturated carbocycles. The summed E-state index contributed by atoms with van der Waals surface area (Å²) >= 11 is 0. The van der Waals surface area contributed by atoms with Crippen LogP contribution in [-0.4, -0.2) is 25.3 Å². The van der Waals surface area contributed by atoms with Crippen LogP contribution in [0.4, 0.5) is 10.5 Å². The quantitative estimate of drug-likeness (QED) is 0.289. The van der Waals surface area contributed by atoms with Gasteiger partial charge in [-0.2, -0.15) is 5.10 Å². The number of para-hydroxylation sites is 2. The van der Waals surface area contributed by atoms with E-state index in [2.05, 4.69) is 78.5 Å². The van der Waals surface area contributed by atoms with Crippen LogP contribution in [0.15, 0.2) is 97.2 Å². The molecule has 2 aromatic heterocycles. The second-order valence-corrected chi connectivity index (χ2v) is 9.82. The predicted molar refractivity (Wildman–Crippen MR) is 151 cm³/mol. The zero-order valence-electron chi connectivity index (χ0n) is 21.9.